The van der Waals surface area contributed by atoms with Crippen molar-refractivity contribution in [2.75, 3.05) is 39.3 Å². The lowest BCUT2D eigenvalue weighted by atomic mass is 10.1. The molecule has 0 aromatic heterocycles. The lowest BCUT2D eigenvalue weighted by Gasteiger charge is -2.29. The topological polar surface area (TPSA) is 27.3 Å². The molecule has 3 heteroatoms. The molecule has 2 atom stereocenters. The van der Waals surface area contributed by atoms with Crippen molar-refractivity contribution >= 4 is 0 Å². The van der Waals surface area contributed by atoms with E-state index in [0.717, 1.165) is 12.0 Å². The minimum atomic E-state index is 0.754. The lowest BCUT2D eigenvalue weighted by Crippen LogP contribution is -2.39. The molecule has 2 rings (SSSR count). The third-order valence-corrected chi connectivity index (χ3v) is 4.35. The number of hydrogen-bond acceptors (Lipinski definition) is 3. The molecule has 0 amide bonds. The SMILES string of the molecule is CC(CNC1CCCNCC1)CN1CCCCC1. The van der Waals surface area contributed by atoms with Gasteiger partial charge in [-0.25, -0.2) is 0 Å². The van der Waals surface area contributed by atoms with E-state index >= 15 is 0 Å². The van der Waals surface area contributed by atoms with E-state index in [1.54, 1.807) is 0 Å². The average Bonchev–Trinajstić information content (AvgIpc) is 2.66. The maximum Gasteiger partial charge on any atom is 0.00797 e. The zero-order valence-electron chi connectivity index (χ0n) is 12.1. The second kappa shape index (κ2) is 8.13. The molecule has 3 nitrogen and oxygen atoms in total. The number of likely N-dealkylation sites (tertiary alicyclic amines) is 1. The minimum Gasteiger partial charge on any atom is -0.317 e. The Hall–Kier alpha value is -0.120. The molecule has 2 saturated heterocycles. The van der Waals surface area contributed by atoms with Gasteiger partial charge in [-0.2, -0.15) is 0 Å². The first-order valence-corrected chi connectivity index (χ1v) is 8.01. The highest BCUT2D eigenvalue weighted by atomic mass is 15.1. The van der Waals surface area contributed by atoms with Gasteiger partial charge in [-0.15, -0.1) is 0 Å². The summed E-state index contributed by atoms with van der Waals surface area (Å²) in [5.41, 5.74) is 0. The maximum atomic E-state index is 3.78. The molecule has 106 valence electrons. The first-order valence-electron chi connectivity index (χ1n) is 8.01. The Morgan fingerprint density at radius 1 is 1.11 bits per heavy atom. The van der Waals surface area contributed by atoms with Crippen LogP contribution in [0.4, 0.5) is 0 Å². The molecule has 0 saturated carbocycles. The van der Waals surface area contributed by atoms with Crippen LogP contribution in [-0.4, -0.2) is 50.2 Å². The zero-order chi connectivity index (χ0) is 12.6. The molecular formula is C15H31N3. The third-order valence-electron chi connectivity index (χ3n) is 4.35. The Morgan fingerprint density at radius 2 is 1.94 bits per heavy atom. The van der Waals surface area contributed by atoms with Crippen molar-refractivity contribution in [3.63, 3.8) is 0 Å². The zero-order valence-corrected chi connectivity index (χ0v) is 12.1. The molecule has 2 aliphatic heterocycles. The summed E-state index contributed by atoms with van der Waals surface area (Å²) in [6.07, 6.45) is 8.25. The molecule has 2 heterocycles. The normalized spacial score (nSPS) is 28.8. The van der Waals surface area contributed by atoms with E-state index in [1.165, 1.54) is 77.8 Å². The summed E-state index contributed by atoms with van der Waals surface area (Å²) in [5, 5.41) is 7.27. The van der Waals surface area contributed by atoms with E-state index in [2.05, 4.69) is 22.5 Å². The van der Waals surface area contributed by atoms with Crippen molar-refractivity contribution in [1.29, 1.82) is 0 Å². The van der Waals surface area contributed by atoms with Gasteiger partial charge in [0.05, 0.1) is 0 Å². The molecule has 0 aromatic carbocycles. The molecular weight excluding hydrogens is 222 g/mol. The van der Waals surface area contributed by atoms with Crippen LogP contribution >= 0.6 is 0 Å². The van der Waals surface area contributed by atoms with Gasteiger partial charge >= 0.3 is 0 Å². The molecule has 2 unspecified atom stereocenters. The highest BCUT2D eigenvalue weighted by Crippen LogP contribution is 2.11. The van der Waals surface area contributed by atoms with Gasteiger partial charge < -0.3 is 15.5 Å². The largest absolute Gasteiger partial charge is 0.317 e. The summed E-state index contributed by atoms with van der Waals surface area (Å²) >= 11 is 0. The minimum absolute atomic E-state index is 0.754. The van der Waals surface area contributed by atoms with Crippen LogP contribution in [0.1, 0.15) is 45.4 Å². The van der Waals surface area contributed by atoms with Gasteiger partial charge in [0.25, 0.3) is 0 Å². The van der Waals surface area contributed by atoms with Crippen molar-refractivity contribution in [1.82, 2.24) is 15.5 Å². The van der Waals surface area contributed by atoms with E-state index in [-0.39, 0.29) is 0 Å². The summed E-state index contributed by atoms with van der Waals surface area (Å²) in [6.45, 7) is 9.95. The Morgan fingerprint density at radius 3 is 2.78 bits per heavy atom. The monoisotopic (exact) mass is 253 g/mol. The van der Waals surface area contributed by atoms with Gasteiger partial charge in [0.15, 0.2) is 0 Å². The fourth-order valence-corrected chi connectivity index (χ4v) is 3.24. The van der Waals surface area contributed by atoms with Crippen molar-refractivity contribution in [3.05, 3.63) is 0 Å². The Balaban J connectivity index is 1.59. The first kappa shape index (κ1) is 14.3. The molecule has 2 N–H and O–H groups in total. The number of rotatable bonds is 5. The molecule has 18 heavy (non-hydrogen) atoms. The number of nitrogens with one attached hydrogen (secondary N) is 2. The van der Waals surface area contributed by atoms with Gasteiger partial charge in [0, 0.05) is 12.6 Å². The van der Waals surface area contributed by atoms with Crippen molar-refractivity contribution in [2.24, 2.45) is 5.92 Å². The molecule has 2 aliphatic rings. The average molecular weight is 253 g/mol. The van der Waals surface area contributed by atoms with Crippen LogP contribution in [0, 0.1) is 5.92 Å². The smallest absolute Gasteiger partial charge is 0.00797 e. The van der Waals surface area contributed by atoms with Crippen molar-refractivity contribution in [3.8, 4) is 0 Å². The second-order valence-electron chi connectivity index (χ2n) is 6.25. The fraction of sp³-hybridized carbons (Fsp3) is 1.00. The molecule has 0 aromatic rings. The van der Waals surface area contributed by atoms with Crippen LogP contribution in [0.15, 0.2) is 0 Å². The van der Waals surface area contributed by atoms with Gasteiger partial charge in [0.2, 0.25) is 0 Å². The standard InChI is InChI=1S/C15H31N3/c1-14(13-18-10-3-2-4-11-18)12-17-15-6-5-8-16-9-7-15/h14-17H,2-13H2,1H3. The first-order chi connectivity index (χ1) is 8.84. The van der Waals surface area contributed by atoms with Crippen molar-refractivity contribution in [2.45, 2.75) is 51.5 Å². The fourth-order valence-electron chi connectivity index (χ4n) is 3.24. The Labute approximate surface area is 113 Å². The Bertz CT molecular complexity index is 206. The number of hydrogen-bond donors (Lipinski definition) is 2. The lowest BCUT2D eigenvalue weighted by molar-refractivity contribution is 0.196. The van der Waals surface area contributed by atoms with Gasteiger partial charge in [-0.3, -0.25) is 0 Å². The quantitative estimate of drug-likeness (QED) is 0.783. The molecule has 0 spiro atoms. The van der Waals surface area contributed by atoms with E-state index in [4.69, 9.17) is 0 Å². The van der Waals surface area contributed by atoms with E-state index < -0.39 is 0 Å². The summed E-state index contributed by atoms with van der Waals surface area (Å²) in [5.74, 6) is 0.791. The number of nitrogens with zero attached hydrogens (tertiary/aromatic N) is 1. The summed E-state index contributed by atoms with van der Waals surface area (Å²) in [6, 6.07) is 0.754. The van der Waals surface area contributed by atoms with Crippen LogP contribution in [0.3, 0.4) is 0 Å². The molecule has 0 aliphatic carbocycles. The van der Waals surface area contributed by atoms with Crippen LogP contribution in [-0.2, 0) is 0 Å². The van der Waals surface area contributed by atoms with Crippen LogP contribution < -0.4 is 10.6 Å². The molecule has 2 fully saturated rings. The predicted octanol–water partition coefficient (Wildman–Crippen LogP) is 1.84. The van der Waals surface area contributed by atoms with Gasteiger partial charge in [-0.1, -0.05) is 13.3 Å². The maximum absolute atomic E-state index is 3.78. The Kier molecular flexibility index (Phi) is 6.46. The van der Waals surface area contributed by atoms with Crippen LogP contribution in [0.2, 0.25) is 0 Å². The van der Waals surface area contributed by atoms with E-state index in [0.29, 0.717) is 0 Å². The second-order valence-corrected chi connectivity index (χ2v) is 6.25. The van der Waals surface area contributed by atoms with Gasteiger partial charge in [-0.05, 0) is 70.7 Å². The highest BCUT2D eigenvalue weighted by Gasteiger charge is 2.15. The molecule has 0 bridgehead atoms. The van der Waals surface area contributed by atoms with Crippen LogP contribution in [0.5, 0.6) is 0 Å². The highest BCUT2D eigenvalue weighted by molar-refractivity contribution is 4.75. The summed E-state index contributed by atoms with van der Waals surface area (Å²) in [7, 11) is 0. The summed E-state index contributed by atoms with van der Waals surface area (Å²) < 4.78 is 0. The van der Waals surface area contributed by atoms with Crippen molar-refractivity contribution < 1.29 is 0 Å². The number of piperidine rings is 1. The molecule has 0 radical (unpaired) electrons. The van der Waals surface area contributed by atoms with Gasteiger partial charge in [0.1, 0.15) is 0 Å². The van der Waals surface area contributed by atoms with E-state index in [9.17, 15) is 0 Å². The third kappa shape index (κ3) is 5.25. The van der Waals surface area contributed by atoms with Crippen LogP contribution in [0.25, 0.3) is 0 Å². The summed E-state index contributed by atoms with van der Waals surface area (Å²) in [4.78, 5) is 2.66. The predicted molar refractivity (Wildman–Crippen MR) is 78.0 cm³/mol. The van der Waals surface area contributed by atoms with E-state index in [1.807, 2.05) is 0 Å².